The van der Waals surface area contributed by atoms with Gasteiger partial charge in [-0.1, -0.05) is 34.5 Å². The summed E-state index contributed by atoms with van der Waals surface area (Å²) >= 11 is 0. The highest BCUT2D eigenvalue weighted by molar-refractivity contribution is 5.29. The predicted molar refractivity (Wildman–Crippen MR) is 57.8 cm³/mol. The summed E-state index contributed by atoms with van der Waals surface area (Å²) in [7, 11) is 0. The zero-order valence-electron chi connectivity index (χ0n) is 9.24. The summed E-state index contributed by atoms with van der Waals surface area (Å²) in [6.07, 6.45) is 0.712. The maximum Gasteiger partial charge on any atom is 0.231 e. The van der Waals surface area contributed by atoms with Gasteiger partial charge in [0.1, 0.15) is 0 Å². The molecule has 0 fully saturated rings. The van der Waals surface area contributed by atoms with Crippen LogP contribution in [0.15, 0.2) is 22.7 Å². The van der Waals surface area contributed by atoms with Crippen LogP contribution < -0.4 is 0 Å². The zero-order valence-corrected chi connectivity index (χ0v) is 9.24. The Morgan fingerprint density at radius 1 is 1.07 bits per heavy atom. The second-order valence-electron chi connectivity index (χ2n) is 3.91. The molecule has 0 aliphatic rings. The molecule has 15 heavy (non-hydrogen) atoms. The molecule has 0 saturated carbocycles. The molecule has 0 spiro atoms. The van der Waals surface area contributed by atoms with E-state index in [1.165, 1.54) is 16.7 Å². The summed E-state index contributed by atoms with van der Waals surface area (Å²) in [5, 5.41) is 3.77. The molecular formula is C12H14N2O. The Bertz CT molecular complexity index is 454. The number of benzene rings is 1. The smallest absolute Gasteiger partial charge is 0.231 e. The quantitative estimate of drug-likeness (QED) is 0.751. The average molecular weight is 202 g/mol. The van der Waals surface area contributed by atoms with Crippen LogP contribution >= 0.6 is 0 Å². The maximum atomic E-state index is 5.09. The van der Waals surface area contributed by atoms with Crippen molar-refractivity contribution in [3.05, 3.63) is 46.6 Å². The molecule has 0 N–H and O–H groups in total. The van der Waals surface area contributed by atoms with Gasteiger partial charge in [-0.3, -0.25) is 0 Å². The van der Waals surface area contributed by atoms with Gasteiger partial charge in [-0.15, -0.1) is 0 Å². The standard InChI is InChI=1S/C12H14N2O/c1-8-4-9(2)6-11(5-8)7-12-13-10(3)14-15-12/h4-6H,7H2,1-3H3. The molecule has 1 aromatic carbocycles. The molecule has 0 saturated heterocycles. The summed E-state index contributed by atoms with van der Waals surface area (Å²) in [5.41, 5.74) is 3.75. The lowest BCUT2D eigenvalue weighted by atomic mass is 10.1. The first kappa shape index (κ1) is 9.90. The Labute approximate surface area is 89.1 Å². The molecule has 0 bridgehead atoms. The van der Waals surface area contributed by atoms with Crippen LogP contribution in [-0.2, 0) is 6.42 Å². The highest BCUT2D eigenvalue weighted by atomic mass is 16.5. The minimum atomic E-state index is 0.678. The van der Waals surface area contributed by atoms with Crippen LogP contribution in [0.25, 0.3) is 0 Å². The van der Waals surface area contributed by atoms with Crippen LogP contribution in [0.1, 0.15) is 28.4 Å². The highest BCUT2D eigenvalue weighted by Gasteiger charge is 2.04. The Morgan fingerprint density at radius 3 is 2.27 bits per heavy atom. The van der Waals surface area contributed by atoms with Crippen LogP contribution in [0.3, 0.4) is 0 Å². The summed E-state index contributed by atoms with van der Waals surface area (Å²) < 4.78 is 5.09. The molecule has 0 aliphatic carbocycles. The first-order chi connectivity index (χ1) is 7.13. The molecule has 0 aliphatic heterocycles. The third kappa shape index (κ3) is 2.43. The van der Waals surface area contributed by atoms with Crippen molar-refractivity contribution in [2.75, 3.05) is 0 Å². The van der Waals surface area contributed by atoms with Crippen molar-refractivity contribution in [3.8, 4) is 0 Å². The van der Waals surface area contributed by atoms with E-state index in [0.717, 1.165) is 0 Å². The number of aromatic nitrogens is 2. The largest absolute Gasteiger partial charge is 0.339 e. The minimum absolute atomic E-state index is 0.678. The molecular weight excluding hydrogens is 188 g/mol. The van der Waals surface area contributed by atoms with E-state index in [9.17, 15) is 0 Å². The lowest BCUT2D eigenvalue weighted by molar-refractivity contribution is 0.381. The van der Waals surface area contributed by atoms with Crippen molar-refractivity contribution in [2.45, 2.75) is 27.2 Å². The van der Waals surface area contributed by atoms with Gasteiger partial charge in [0.15, 0.2) is 5.82 Å². The number of hydrogen-bond donors (Lipinski definition) is 0. The van der Waals surface area contributed by atoms with E-state index in [-0.39, 0.29) is 0 Å². The van der Waals surface area contributed by atoms with Crippen molar-refractivity contribution in [3.63, 3.8) is 0 Å². The Balaban J connectivity index is 2.24. The normalized spacial score (nSPS) is 10.6. The van der Waals surface area contributed by atoms with Gasteiger partial charge in [0.25, 0.3) is 0 Å². The van der Waals surface area contributed by atoms with Gasteiger partial charge in [0, 0.05) is 0 Å². The molecule has 3 heteroatoms. The summed E-state index contributed by atoms with van der Waals surface area (Å²) in [6.45, 7) is 6.01. The third-order valence-electron chi connectivity index (χ3n) is 2.21. The van der Waals surface area contributed by atoms with E-state index >= 15 is 0 Å². The number of aryl methyl sites for hydroxylation is 3. The van der Waals surface area contributed by atoms with Crippen LogP contribution in [-0.4, -0.2) is 10.1 Å². The van der Waals surface area contributed by atoms with Crippen LogP contribution in [0.4, 0.5) is 0 Å². The fraction of sp³-hybridized carbons (Fsp3) is 0.333. The first-order valence-electron chi connectivity index (χ1n) is 5.00. The van der Waals surface area contributed by atoms with Crippen LogP contribution in [0.2, 0.25) is 0 Å². The van der Waals surface area contributed by atoms with Crippen LogP contribution in [0, 0.1) is 20.8 Å². The van der Waals surface area contributed by atoms with Crippen LogP contribution in [0.5, 0.6) is 0 Å². The Morgan fingerprint density at radius 2 is 1.73 bits per heavy atom. The predicted octanol–water partition coefficient (Wildman–Crippen LogP) is 2.59. The summed E-state index contributed by atoms with van der Waals surface area (Å²) in [6, 6.07) is 6.45. The molecule has 0 radical (unpaired) electrons. The molecule has 2 aromatic rings. The first-order valence-corrected chi connectivity index (χ1v) is 5.00. The lowest BCUT2D eigenvalue weighted by Crippen LogP contribution is -1.90. The van der Waals surface area contributed by atoms with Crippen molar-refractivity contribution >= 4 is 0 Å². The number of nitrogens with zero attached hydrogens (tertiary/aromatic N) is 2. The van der Waals surface area contributed by atoms with Gasteiger partial charge < -0.3 is 4.52 Å². The zero-order chi connectivity index (χ0) is 10.8. The van der Waals surface area contributed by atoms with Gasteiger partial charge in [-0.2, -0.15) is 4.98 Å². The maximum absolute atomic E-state index is 5.09. The van der Waals surface area contributed by atoms with E-state index in [1.54, 1.807) is 0 Å². The second-order valence-corrected chi connectivity index (χ2v) is 3.91. The molecule has 78 valence electrons. The fourth-order valence-corrected chi connectivity index (χ4v) is 1.76. The molecule has 0 unspecified atom stereocenters. The minimum Gasteiger partial charge on any atom is -0.339 e. The van der Waals surface area contributed by atoms with Gasteiger partial charge in [0.05, 0.1) is 6.42 Å². The monoisotopic (exact) mass is 202 g/mol. The molecule has 1 aromatic heterocycles. The van der Waals surface area contributed by atoms with E-state index < -0.39 is 0 Å². The van der Waals surface area contributed by atoms with Crippen molar-refractivity contribution in [2.24, 2.45) is 0 Å². The van der Waals surface area contributed by atoms with Crippen molar-refractivity contribution in [1.29, 1.82) is 0 Å². The van der Waals surface area contributed by atoms with Gasteiger partial charge in [-0.25, -0.2) is 0 Å². The van der Waals surface area contributed by atoms with Crippen molar-refractivity contribution in [1.82, 2.24) is 10.1 Å². The molecule has 0 atom stereocenters. The summed E-state index contributed by atoms with van der Waals surface area (Å²) in [4.78, 5) is 4.19. The fourth-order valence-electron chi connectivity index (χ4n) is 1.76. The van der Waals surface area contributed by atoms with Gasteiger partial charge in [0.2, 0.25) is 5.89 Å². The van der Waals surface area contributed by atoms with E-state index in [1.807, 2.05) is 6.92 Å². The average Bonchev–Trinajstić information content (AvgIpc) is 2.49. The van der Waals surface area contributed by atoms with Gasteiger partial charge >= 0.3 is 0 Å². The van der Waals surface area contributed by atoms with Gasteiger partial charge in [-0.05, 0) is 26.3 Å². The third-order valence-corrected chi connectivity index (χ3v) is 2.21. The molecule has 2 rings (SSSR count). The Kier molecular flexibility index (Phi) is 2.54. The number of hydrogen-bond acceptors (Lipinski definition) is 3. The highest BCUT2D eigenvalue weighted by Crippen LogP contribution is 2.12. The lowest BCUT2D eigenvalue weighted by Gasteiger charge is -2.01. The van der Waals surface area contributed by atoms with E-state index in [4.69, 9.17) is 4.52 Å². The molecule has 1 heterocycles. The second kappa shape index (κ2) is 3.85. The number of rotatable bonds is 2. The molecule has 0 amide bonds. The van der Waals surface area contributed by atoms with E-state index in [0.29, 0.717) is 18.1 Å². The molecule has 3 nitrogen and oxygen atoms in total. The van der Waals surface area contributed by atoms with Crippen molar-refractivity contribution < 1.29 is 4.52 Å². The Hall–Kier alpha value is -1.64. The van der Waals surface area contributed by atoms with E-state index in [2.05, 4.69) is 42.2 Å². The SMILES string of the molecule is Cc1cc(C)cc(Cc2nc(C)no2)c1. The summed E-state index contributed by atoms with van der Waals surface area (Å²) in [5.74, 6) is 1.37. The topological polar surface area (TPSA) is 38.9 Å².